The Balaban J connectivity index is 1.80. The molecule has 1 aromatic rings. The predicted molar refractivity (Wildman–Crippen MR) is 132 cm³/mol. The van der Waals surface area contributed by atoms with Crippen molar-refractivity contribution in [2.45, 2.75) is 103 Å². The van der Waals surface area contributed by atoms with Crippen LogP contribution in [0.2, 0.25) is 0 Å². The second kappa shape index (κ2) is 11.2. The van der Waals surface area contributed by atoms with E-state index < -0.39 is 35.6 Å². The molecule has 2 aliphatic heterocycles. The van der Waals surface area contributed by atoms with Crippen molar-refractivity contribution >= 4 is 29.2 Å². The van der Waals surface area contributed by atoms with Gasteiger partial charge in [-0.05, 0) is 37.8 Å². The van der Waals surface area contributed by atoms with Gasteiger partial charge in [-0.3, -0.25) is 9.59 Å². The molecule has 0 spiro atoms. The minimum Gasteiger partial charge on any atom is -0.458 e. The van der Waals surface area contributed by atoms with E-state index in [2.05, 4.69) is 4.98 Å². The van der Waals surface area contributed by atoms with Crippen molar-refractivity contribution in [3.05, 3.63) is 22.2 Å². The number of rotatable bonds is 3. The van der Waals surface area contributed by atoms with Crippen LogP contribution in [0.15, 0.2) is 11.5 Å². The Morgan fingerprint density at radius 1 is 1.23 bits per heavy atom. The Morgan fingerprint density at radius 3 is 2.60 bits per heavy atom. The van der Waals surface area contributed by atoms with Crippen molar-refractivity contribution in [3.8, 4) is 0 Å². The van der Waals surface area contributed by atoms with Crippen molar-refractivity contribution in [2.75, 3.05) is 0 Å². The van der Waals surface area contributed by atoms with Gasteiger partial charge in [-0.25, -0.2) is 4.98 Å². The molecule has 8 nitrogen and oxygen atoms in total. The van der Waals surface area contributed by atoms with Gasteiger partial charge in [-0.2, -0.15) is 0 Å². The number of cyclic esters (lactones) is 1. The van der Waals surface area contributed by atoms with Gasteiger partial charge in [0.1, 0.15) is 16.9 Å². The Morgan fingerprint density at radius 2 is 1.94 bits per heavy atom. The van der Waals surface area contributed by atoms with Gasteiger partial charge in [-0.1, -0.05) is 34.1 Å². The third-order valence-electron chi connectivity index (χ3n) is 7.62. The zero-order valence-electron chi connectivity index (χ0n) is 21.3. The number of aliphatic hydroxyl groups is 3. The lowest BCUT2D eigenvalue weighted by molar-refractivity contribution is -0.154. The van der Waals surface area contributed by atoms with E-state index in [9.17, 15) is 24.9 Å². The van der Waals surface area contributed by atoms with Gasteiger partial charge in [0.25, 0.3) is 0 Å². The van der Waals surface area contributed by atoms with Crippen molar-refractivity contribution in [1.82, 2.24) is 4.98 Å². The average molecular weight is 510 g/mol. The highest BCUT2D eigenvalue weighted by atomic mass is 32.1. The maximum absolute atomic E-state index is 13.2. The number of aromatic nitrogens is 1. The SMILES string of the molecule is CC1C(=O)C(C)(C)C(O)CC(=O)O[C@H](C=Cc2csc(CO)n2)C[C@@H]2O[C@]2(C)CCC[C@H](C)[C@@H]1O. The fourth-order valence-electron chi connectivity index (χ4n) is 4.84. The summed E-state index contributed by atoms with van der Waals surface area (Å²) in [6.45, 7) is 8.73. The summed E-state index contributed by atoms with van der Waals surface area (Å²) in [6, 6.07) is 0. The minimum absolute atomic E-state index is 0.0802. The Labute approximate surface area is 211 Å². The van der Waals surface area contributed by atoms with E-state index in [4.69, 9.17) is 9.47 Å². The molecule has 0 aromatic carbocycles. The van der Waals surface area contributed by atoms with Crippen molar-refractivity contribution < 1.29 is 34.4 Å². The number of nitrogens with zero attached hydrogens (tertiary/aromatic N) is 1. The van der Waals surface area contributed by atoms with Crippen LogP contribution in [0.25, 0.3) is 6.08 Å². The Bertz CT molecular complexity index is 929. The van der Waals surface area contributed by atoms with Gasteiger partial charge in [0.15, 0.2) is 0 Å². The van der Waals surface area contributed by atoms with E-state index in [1.807, 2.05) is 19.2 Å². The first-order chi connectivity index (χ1) is 16.4. The first-order valence-corrected chi connectivity index (χ1v) is 13.3. The van der Waals surface area contributed by atoms with E-state index >= 15 is 0 Å². The largest absolute Gasteiger partial charge is 0.458 e. The van der Waals surface area contributed by atoms with Gasteiger partial charge in [-0.15, -0.1) is 11.3 Å². The lowest BCUT2D eigenvalue weighted by Crippen LogP contribution is -2.45. The molecule has 0 bridgehead atoms. The lowest BCUT2D eigenvalue weighted by atomic mass is 9.73. The Hall–Kier alpha value is -1.65. The zero-order valence-corrected chi connectivity index (χ0v) is 22.1. The lowest BCUT2D eigenvalue weighted by Gasteiger charge is -2.34. The molecule has 1 aromatic heterocycles. The molecule has 2 fully saturated rings. The topological polar surface area (TPSA) is 129 Å². The molecule has 196 valence electrons. The molecule has 35 heavy (non-hydrogen) atoms. The van der Waals surface area contributed by atoms with Crippen LogP contribution < -0.4 is 0 Å². The molecule has 0 radical (unpaired) electrons. The molecular formula is C26H39NO7S. The van der Waals surface area contributed by atoms with Crippen LogP contribution in [-0.4, -0.2) is 62.1 Å². The molecule has 3 heterocycles. The molecule has 0 aliphatic carbocycles. The first kappa shape index (κ1) is 27.9. The molecular weight excluding hydrogens is 470 g/mol. The van der Waals surface area contributed by atoms with Crippen molar-refractivity contribution in [1.29, 1.82) is 0 Å². The zero-order chi connectivity index (χ0) is 26.0. The third kappa shape index (κ3) is 6.77. The first-order valence-electron chi connectivity index (χ1n) is 12.4. The number of ketones is 1. The summed E-state index contributed by atoms with van der Waals surface area (Å²) >= 11 is 1.34. The standard InChI is InChI=1S/C26H39NO7S/c1-15-7-6-10-26(5)20(34-26)11-18(9-8-17-14-35-21(13-28)27-17)33-22(30)12-19(29)25(3,4)24(32)16(2)23(15)31/h8-9,14-16,18-20,23,28-29,31H,6-7,10-13H2,1-5H3/t15-,16?,18+,19?,20-,23-,26+/m0/s1. The monoisotopic (exact) mass is 509 g/mol. The number of Topliss-reactive ketones (excluding diaryl/α,β-unsaturated/α-hetero) is 1. The Kier molecular flexibility index (Phi) is 8.91. The van der Waals surface area contributed by atoms with Crippen LogP contribution in [0, 0.1) is 17.3 Å². The van der Waals surface area contributed by atoms with Crippen LogP contribution in [-0.2, 0) is 25.7 Å². The molecule has 2 aliphatic rings. The minimum atomic E-state index is -1.25. The van der Waals surface area contributed by atoms with Crippen LogP contribution in [0.1, 0.15) is 77.4 Å². The summed E-state index contributed by atoms with van der Waals surface area (Å²) in [5.41, 5.74) is -0.885. The summed E-state index contributed by atoms with van der Waals surface area (Å²) in [4.78, 5) is 30.2. The average Bonchev–Trinajstić information content (AvgIpc) is 3.20. The number of carbonyl (C=O) groups excluding carboxylic acids is 2. The van der Waals surface area contributed by atoms with Crippen LogP contribution >= 0.6 is 11.3 Å². The van der Waals surface area contributed by atoms with E-state index in [1.54, 1.807) is 32.9 Å². The number of esters is 1. The molecule has 0 saturated carbocycles. The molecule has 3 rings (SSSR count). The smallest absolute Gasteiger partial charge is 0.309 e. The number of ether oxygens (including phenoxy) is 2. The quantitative estimate of drug-likeness (QED) is 0.418. The van der Waals surface area contributed by atoms with E-state index in [0.29, 0.717) is 17.1 Å². The van der Waals surface area contributed by atoms with Crippen LogP contribution in [0.4, 0.5) is 0 Å². The van der Waals surface area contributed by atoms with Gasteiger partial charge in [0.2, 0.25) is 0 Å². The maximum atomic E-state index is 13.2. The van der Waals surface area contributed by atoms with E-state index in [1.165, 1.54) is 11.3 Å². The normalized spacial score (nSPS) is 37.1. The summed E-state index contributed by atoms with van der Waals surface area (Å²) < 4.78 is 11.7. The van der Waals surface area contributed by atoms with Crippen molar-refractivity contribution in [2.24, 2.45) is 17.3 Å². The number of thiazole rings is 1. The van der Waals surface area contributed by atoms with Crippen LogP contribution in [0.5, 0.6) is 0 Å². The van der Waals surface area contributed by atoms with Crippen molar-refractivity contribution in [3.63, 3.8) is 0 Å². The van der Waals surface area contributed by atoms with Gasteiger partial charge in [0.05, 0.1) is 48.0 Å². The maximum Gasteiger partial charge on any atom is 0.309 e. The highest BCUT2D eigenvalue weighted by molar-refractivity contribution is 7.09. The molecule has 2 saturated heterocycles. The highest BCUT2D eigenvalue weighted by Gasteiger charge is 2.52. The number of aliphatic hydroxyl groups excluding tert-OH is 3. The number of carbonyl (C=O) groups is 2. The predicted octanol–water partition coefficient (Wildman–Crippen LogP) is 3.27. The second-order valence-corrected chi connectivity index (χ2v) is 11.8. The van der Waals surface area contributed by atoms with E-state index in [0.717, 1.165) is 19.3 Å². The summed E-state index contributed by atoms with van der Waals surface area (Å²) in [6.07, 6.45) is 3.27. The van der Waals surface area contributed by atoms with Gasteiger partial charge in [0, 0.05) is 17.7 Å². The molecule has 2 unspecified atom stereocenters. The number of hydrogen-bond acceptors (Lipinski definition) is 9. The molecule has 7 atom stereocenters. The summed E-state index contributed by atoms with van der Waals surface area (Å²) in [7, 11) is 0. The third-order valence-corrected chi connectivity index (χ3v) is 8.47. The fourth-order valence-corrected chi connectivity index (χ4v) is 5.46. The van der Waals surface area contributed by atoms with Crippen LogP contribution in [0.3, 0.4) is 0 Å². The fraction of sp³-hybridized carbons (Fsp3) is 0.731. The van der Waals surface area contributed by atoms with Gasteiger partial charge >= 0.3 is 5.97 Å². The molecule has 0 amide bonds. The van der Waals surface area contributed by atoms with Gasteiger partial charge < -0.3 is 24.8 Å². The summed E-state index contributed by atoms with van der Waals surface area (Å²) in [5, 5.41) is 33.2. The summed E-state index contributed by atoms with van der Waals surface area (Å²) in [5.74, 6) is -1.64. The number of fused-ring (bicyclic) bond motifs is 1. The number of hydrogen-bond donors (Lipinski definition) is 3. The molecule has 3 N–H and O–H groups in total. The highest BCUT2D eigenvalue weighted by Crippen LogP contribution is 2.44. The number of epoxide rings is 1. The molecule has 9 heteroatoms. The van der Waals surface area contributed by atoms with E-state index in [-0.39, 0.29) is 36.4 Å². The second-order valence-electron chi connectivity index (χ2n) is 10.8.